The van der Waals surface area contributed by atoms with Crippen molar-refractivity contribution in [3.8, 4) is 5.75 Å². The summed E-state index contributed by atoms with van der Waals surface area (Å²) in [5, 5.41) is 0.822. The van der Waals surface area contributed by atoms with Crippen LogP contribution in [0.5, 0.6) is 5.75 Å². The van der Waals surface area contributed by atoms with Gasteiger partial charge in [-0.05, 0) is 39.0 Å². The van der Waals surface area contributed by atoms with Crippen molar-refractivity contribution < 1.29 is 13.9 Å². The van der Waals surface area contributed by atoms with Crippen molar-refractivity contribution in [3.63, 3.8) is 0 Å². The van der Waals surface area contributed by atoms with Gasteiger partial charge in [-0.2, -0.15) is 0 Å². The molecule has 21 heavy (non-hydrogen) atoms. The summed E-state index contributed by atoms with van der Waals surface area (Å²) in [4.78, 5) is 15.9. The van der Waals surface area contributed by atoms with Gasteiger partial charge in [0.2, 0.25) is 0 Å². The summed E-state index contributed by atoms with van der Waals surface area (Å²) >= 11 is 0. The van der Waals surface area contributed by atoms with Crippen LogP contribution in [0.15, 0.2) is 34.9 Å². The van der Waals surface area contributed by atoms with Gasteiger partial charge in [-0.1, -0.05) is 6.07 Å². The number of nitrogens with one attached hydrogen (secondary N) is 1. The zero-order chi connectivity index (χ0) is 15.0. The molecule has 3 rings (SSSR count). The van der Waals surface area contributed by atoms with Gasteiger partial charge in [0.1, 0.15) is 17.3 Å². The molecule has 0 atom stereocenters. The predicted octanol–water partition coefficient (Wildman–Crippen LogP) is 4.01. The van der Waals surface area contributed by atoms with Crippen molar-refractivity contribution in [2.75, 3.05) is 6.61 Å². The first-order chi connectivity index (χ1) is 10.1. The van der Waals surface area contributed by atoms with Gasteiger partial charge in [-0.15, -0.1) is 0 Å². The molecule has 2 aromatic heterocycles. The van der Waals surface area contributed by atoms with Gasteiger partial charge in [-0.25, -0.2) is 0 Å². The first-order valence-corrected chi connectivity index (χ1v) is 6.96. The van der Waals surface area contributed by atoms with E-state index in [4.69, 9.17) is 9.15 Å². The lowest BCUT2D eigenvalue weighted by Crippen LogP contribution is -2.02. The maximum Gasteiger partial charge on any atom is 0.198 e. The standard InChI is InChI=1S/C17H17NO3/c1-4-20-15-7-5-6-14-16(15)13(9-18-14)17(19)12-8-10(2)21-11(12)3/h5-9,18H,4H2,1-3H3. The molecule has 0 saturated carbocycles. The maximum absolute atomic E-state index is 12.8. The molecule has 4 heteroatoms. The van der Waals surface area contributed by atoms with E-state index < -0.39 is 0 Å². The maximum atomic E-state index is 12.8. The van der Waals surface area contributed by atoms with Crippen molar-refractivity contribution in [1.29, 1.82) is 0 Å². The number of carbonyl (C=O) groups is 1. The molecule has 108 valence electrons. The molecule has 3 aromatic rings. The van der Waals surface area contributed by atoms with Crippen LogP contribution in [0.2, 0.25) is 0 Å². The molecule has 0 saturated heterocycles. The second-order valence-corrected chi connectivity index (χ2v) is 4.97. The summed E-state index contributed by atoms with van der Waals surface area (Å²) in [5.74, 6) is 2.04. The van der Waals surface area contributed by atoms with Crippen LogP contribution in [-0.2, 0) is 0 Å². The monoisotopic (exact) mass is 283 g/mol. The number of aryl methyl sites for hydroxylation is 2. The first kappa shape index (κ1) is 13.5. The number of benzene rings is 1. The van der Waals surface area contributed by atoms with E-state index in [9.17, 15) is 4.79 Å². The quantitative estimate of drug-likeness (QED) is 0.736. The zero-order valence-corrected chi connectivity index (χ0v) is 12.3. The van der Waals surface area contributed by atoms with E-state index in [1.165, 1.54) is 0 Å². The van der Waals surface area contributed by atoms with Crippen molar-refractivity contribution >= 4 is 16.7 Å². The minimum atomic E-state index is -0.0530. The highest BCUT2D eigenvalue weighted by Gasteiger charge is 2.20. The lowest BCUT2D eigenvalue weighted by Gasteiger charge is -2.06. The highest BCUT2D eigenvalue weighted by molar-refractivity contribution is 6.18. The summed E-state index contributed by atoms with van der Waals surface area (Å²) in [6.45, 7) is 6.13. The second-order valence-electron chi connectivity index (χ2n) is 4.97. The fourth-order valence-corrected chi connectivity index (χ4v) is 2.61. The van der Waals surface area contributed by atoms with Crippen LogP contribution in [0, 0.1) is 13.8 Å². The Balaban J connectivity index is 2.16. The zero-order valence-electron chi connectivity index (χ0n) is 12.3. The van der Waals surface area contributed by atoms with Crippen LogP contribution in [-0.4, -0.2) is 17.4 Å². The summed E-state index contributed by atoms with van der Waals surface area (Å²) in [6, 6.07) is 7.50. The smallest absolute Gasteiger partial charge is 0.198 e. The Morgan fingerprint density at radius 3 is 2.76 bits per heavy atom. The van der Waals surface area contributed by atoms with E-state index in [0.717, 1.165) is 22.4 Å². The Hall–Kier alpha value is -2.49. The summed E-state index contributed by atoms with van der Waals surface area (Å²) in [7, 11) is 0. The number of hydrogen-bond acceptors (Lipinski definition) is 3. The van der Waals surface area contributed by atoms with Crippen molar-refractivity contribution in [3.05, 3.63) is 53.1 Å². The number of H-pyrrole nitrogens is 1. The van der Waals surface area contributed by atoms with E-state index in [2.05, 4.69) is 4.98 Å². The molecule has 1 N–H and O–H groups in total. The molecule has 0 amide bonds. The molecule has 0 aliphatic heterocycles. The molecule has 0 spiro atoms. The molecule has 0 unspecified atom stereocenters. The van der Waals surface area contributed by atoms with Gasteiger partial charge in [0.05, 0.1) is 23.1 Å². The lowest BCUT2D eigenvalue weighted by atomic mass is 10.0. The topological polar surface area (TPSA) is 55.2 Å². The van der Waals surface area contributed by atoms with Gasteiger partial charge in [0.25, 0.3) is 0 Å². The largest absolute Gasteiger partial charge is 0.493 e. The number of rotatable bonds is 4. The molecule has 0 aliphatic carbocycles. The third-order valence-electron chi connectivity index (χ3n) is 3.50. The van der Waals surface area contributed by atoms with E-state index in [1.54, 1.807) is 19.2 Å². The van der Waals surface area contributed by atoms with E-state index >= 15 is 0 Å². The molecule has 0 aliphatic rings. The number of hydrogen-bond donors (Lipinski definition) is 1. The fraction of sp³-hybridized carbons (Fsp3) is 0.235. The predicted molar refractivity (Wildman–Crippen MR) is 81.1 cm³/mol. The lowest BCUT2D eigenvalue weighted by molar-refractivity contribution is 0.103. The Kier molecular flexibility index (Phi) is 3.29. The van der Waals surface area contributed by atoms with E-state index in [0.29, 0.717) is 23.5 Å². The van der Waals surface area contributed by atoms with Gasteiger partial charge < -0.3 is 14.1 Å². The summed E-state index contributed by atoms with van der Waals surface area (Å²) in [5.41, 5.74) is 2.10. The van der Waals surface area contributed by atoms with Gasteiger partial charge in [0, 0.05) is 11.7 Å². The van der Waals surface area contributed by atoms with Crippen LogP contribution in [0.1, 0.15) is 34.4 Å². The third kappa shape index (κ3) is 2.23. The average Bonchev–Trinajstić information content (AvgIpc) is 3.02. The third-order valence-corrected chi connectivity index (χ3v) is 3.50. The van der Waals surface area contributed by atoms with Crippen molar-refractivity contribution in [2.45, 2.75) is 20.8 Å². The summed E-state index contributed by atoms with van der Waals surface area (Å²) < 4.78 is 11.1. The molecule has 4 nitrogen and oxygen atoms in total. The SMILES string of the molecule is CCOc1cccc2[nH]cc(C(=O)c3cc(C)oc3C)c12. The van der Waals surface area contributed by atoms with Crippen LogP contribution in [0.4, 0.5) is 0 Å². The minimum absolute atomic E-state index is 0.0530. The van der Waals surface area contributed by atoms with E-state index in [1.807, 2.05) is 32.0 Å². The fourth-order valence-electron chi connectivity index (χ4n) is 2.61. The highest BCUT2D eigenvalue weighted by Crippen LogP contribution is 2.31. The molecule has 0 radical (unpaired) electrons. The number of carbonyl (C=O) groups excluding carboxylic acids is 1. The Labute approximate surface area is 122 Å². The van der Waals surface area contributed by atoms with Crippen molar-refractivity contribution in [2.24, 2.45) is 0 Å². The van der Waals surface area contributed by atoms with Crippen LogP contribution in [0.25, 0.3) is 10.9 Å². The Morgan fingerprint density at radius 1 is 1.29 bits per heavy atom. The Morgan fingerprint density at radius 2 is 2.10 bits per heavy atom. The Bertz CT molecular complexity index is 811. The molecular formula is C17H17NO3. The minimum Gasteiger partial charge on any atom is -0.493 e. The number of ether oxygens (including phenoxy) is 1. The number of ketones is 1. The normalized spacial score (nSPS) is 11.0. The number of furan rings is 1. The summed E-state index contributed by atoms with van der Waals surface area (Å²) in [6.07, 6.45) is 1.73. The molecule has 0 bridgehead atoms. The van der Waals surface area contributed by atoms with E-state index in [-0.39, 0.29) is 5.78 Å². The molecular weight excluding hydrogens is 266 g/mol. The number of aromatic amines is 1. The van der Waals surface area contributed by atoms with Crippen LogP contribution in [0.3, 0.4) is 0 Å². The van der Waals surface area contributed by atoms with Gasteiger partial charge in [-0.3, -0.25) is 4.79 Å². The van der Waals surface area contributed by atoms with Crippen LogP contribution < -0.4 is 4.74 Å². The highest BCUT2D eigenvalue weighted by atomic mass is 16.5. The number of fused-ring (bicyclic) bond motifs is 1. The average molecular weight is 283 g/mol. The molecule has 2 heterocycles. The molecule has 0 fully saturated rings. The van der Waals surface area contributed by atoms with Crippen molar-refractivity contribution in [1.82, 2.24) is 4.98 Å². The second kappa shape index (κ2) is 5.13. The van der Waals surface area contributed by atoms with Gasteiger partial charge in [0.15, 0.2) is 5.78 Å². The van der Waals surface area contributed by atoms with Gasteiger partial charge >= 0.3 is 0 Å². The first-order valence-electron chi connectivity index (χ1n) is 6.96. The van der Waals surface area contributed by atoms with Crippen LogP contribution >= 0.6 is 0 Å². The molecule has 1 aromatic carbocycles. The number of aromatic nitrogens is 1.